The highest BCUT2D eigenvalue weighted by molar-refractivity contribution is 5.76. The number of nitrogens with two attached hydrogens (primary N) is 1. The van der Waals surface area contributed by atoms with Gasteiger partial charge in [0.1, 0.15) is 0 Å². The molecule has 4 heteroatoms. The summed E-state index contributed by atoms with van der Waals surface area (Å²) in [4.78, 5) is 14.3. The van der Waals surface area contributed by atoms with E-state index >= 15 is 0 Å². The first-order valence-corrected chi connectivity index (χ1v) is 7.19. The Morgan fingerprint density at radius 1 is 1.33 bits per heavy atom. The molecule has 1 atom stereocenters. The number of amides is 1. The van der Waals surface area contributed by atoms with Gasteiger partial charge in [-0.05, 0) is 32.6 Å². The zero-order valence-corrected chi connectivity index (χ0v) is 12.3. The number of nitrogens with one attached hydrogen (secondary N) is 1. The van der Waals surface area contributed by atoms with E-state index in [4.69, 9.17) is 5.73 Å². The third-order valence-electron chi connectivity index (χ3n) is 3.20. The van der Waals surface area contributed by atoms with Crippen molar-refractivity contribution in [2.75, 3.05) is 13.1 Å². The number of rotatable bonds is 8. The van der Waals surface area contributed by atoms with Crippen molar-refractivity contribution in [2.24, 2.45) is 11.7 Å². The van der Waals surface area contributed by atoms with Crippen LogP contribution in [0.1, 0.15) is 47.0 Å². The van der Waals surface area contributed by atoms with Gasteiger partial charge in [0, 0.05) is 37.6 Å². The normalized spacial score (nSPS) is 17.6. The Balaban J connectivity index is 2.52. The monoisotopic (exact) mass is 255 g/mol. The summed E-state index contributed by atoms with van der Waals surface area (Å²) in [6, 6.07) is 1.06. The Kier molecular flexibility index (Phi) is 6.09. The Labute approximate surface area is 111 Å². The SMILES string of the molecule is CC(C)CN(C1CC1)C(CN)CC(=O)NC(C)C. The Morgan fingerprint density at radius 2 is 1.94 bits per heavy atom. The van der Waals surface area contributed by atoms with Gasteiger partial charge in [-0.15, -0.1) is 0 Å². The average molecular weight is 255 g/mol. The van der Waals surface area contributed by atoms with Crippen molar-refractivity contribution in [3.63, 3.8) is 0 Å². The van der Waals surface area contributed by atoms with Crippen LogP contribution in [0.25, 0.3) is 0 Å². The van der Waals surface area contributed by atoms with E-state index in [2.05, 4.69) is 24.1 Å². The molecular weight excluding hydrogens is 226 g/mol. The first-order chi connectivity index (χ1) is 8.43. The molecule has 0 saturated heterocycles. The topological polar surface area (TPSA) is 58.4 Å². The van der Waals surface area contributed by atoms with E-state index in [0.717, 1.165) is 6.54 Å². The Morgan fingerprint density at radius 3 is 2.33 bits per heavy atom. The van der Waals surface area contributed by atoms with Gasteiger partial charge in [-0.25, -0.2) is 0 Å². The molecule has 4 nitrogen and oxygen atoms in total. The number of carbonyl (C=O) groups is 1. The molecule has 1 unspecified atom stereocenters. The lowest BCUT2D eigenvalue weighted by atomic mass is 10.1. The molecule has 0 aromatic heterocycles. The molecule has 0 heterocycles. The van der Waals surface area contributed by atoms with E-state index in [-0.39, 0.29) is 18.0 Å². The summed E-state index contributed by atoms with van der Waals surface area (Å²) in [5.74, 6) is 0.739. The van der Waals surface area contributed by atoms with E-state index < -0.39 is 0 Å². The van der Waals surface area contributed by atoms with E-state index in [9.17, 15) is 4.79 Å². The molecule has 0 aromatic rings. The van der Waals surface area contributed by atoms with Gasteiger partial charge in [-0.1, -0.05) is 13.8 Å². The molecular formula is C14H29N3O. The van der Waals surface area contributed by atoms with E-state index in [1.54, 1.807) is 0 Å². The summed E-state index contributed by atoms with van der Waals surface area (Å²) >= 11 is 0. The van der Waals surface area contributed by atoms with Crippen molar-refractivity contribution in [3.05, 3.63) is 0 Å². The molecule has 1 aliphatic rings. The molecule has 0 bridgehead atoms. The first kappa shape index (κ1) is 15.4. The average Bonchev–Trinajstić information content (AvgIpc) is 3.05. The quantitative estimate of drug-likeness (QED) is 0.688. The third kappa shape index (κ3) is 5.36. The second-order valence-corrected chi connectivity index (χ2v) is 6.14. The lowest BCUT2D eigenvalue weighted by Gasteiger charge is -2.32. The van der Waals surface area contributed by atoms with Gasteiger partial charge in [0.25, 0.3) is 0 Å². The van der Waals surface area contributed by atoms with Crippen molar-refractivity contribution in [1.82, 2.24) is 10.2 Å². The van der Waals surface area contributed by atoms with E-state index in [1.165, 1.54) is 12.8 Å². The van der Waals surface area contributed by atoms with E-state index in [0.29, 0.717) is 24.9 Å². The molecule has 0 spiro atoms. The van der Waals surface area contributed by atoms with Crippen LogP contribution in [0.4, 0.5) is 0 Å². The number of nitrogens with zero attached hydrogens (tertiary/aromatic N) is 1. The highest BCUT2D eigenvalue weighted by Gasteiger charge is 2.34. The molecule has 0 radical (unpaired) electrons. The summed E-state index contributed by atoms with van der Waals surface area (Å²) in [6.45, 7) is 10.0. The smallest absolute Gasteiger partial charge is 0.221 e. The second-order valence-electron chi connectivity index (χ2n) is 6.14. The van der Waals surface area contributed by atoms with Crippen LogP contribution < -0.4 is 11.1 Å². The number of hydrogen-bond donors (Lipinski definition) is 2. The maximum absolute atomic E-state index is 11.9. The van der Waals surface area contributed by atoms with Crippen molar-refractivity contribution >= 4 is 5.91 Å². The van der Waals surface area contributed by atoms with Crippen LogP contribution in [0.2, 0.25) is 0 Å². The highest BCUT2D eigenvalue weighted by Crippen LogP contribution is 2.30. The maximum Gasteiger partial charge on any atom is 0.221 e. The van der Waals surface area contributed by atoms with Crippen LogP contribution in [0.15, 0.2) is 0 Å². The predicted octanol–water partition coefficient (Wildman–Crippen LogP) is 1.35. The van der Waals surface area contributed by atoms with Gasteiger partial charge in [-0.3, -0.25) is 9.69 Å². The Bertz CT molecular complexity index is 262. The fourth-order valence-corrected chi connectivity index (χ4v) is 2.35. The van der Waals surface area contributed by atoms with Gasteiger partial charge in [0.15, 0.2) is 0 Å². The van der Waals surface area contributed by atoms with Crippen LogP contribution in [0.3, 0.4) is 0 Å². The molecule has 106 valence electrons. The lowest BCUT2D eigenvalue weighted by Crippen LogP contribution is -2.47. The van der Waals surface area contributed by atoms with Crippen molar-refractivity contribution in [3.8, 4) is 0 Å². The first-order valence-electron chi connectivity index (χ1n) is 7.19. The summed E-state index contributed by atoms with van der Waals surface area (Å²) in [7, 11) is 0. The van der Waals surface area contributed by atoms with Crippen molar-refractivity contribution in [2.45, 2.75) is 65.1 Å². The maximum atomic E-state index is 11.9. The van der Waals surface area contributed by atoms with E-state index in [1.807, 2.05) is 13.8 Å². The highest BCUT2D eigenvalue weighted by atomic mass is 16.1. The van der Waals surface area contributed by atoms with Crippen LogP contribution in [-0.4, -0.2) is 42.0 Å². The molecule has 1 amide bonds. The molecule has 0 aliphatic heterocycles. The summed E-state index contributed by atoms with van der Waals surface area (Å²) in [5, 5.41) is 2.95. The minimum absolute atomic E-state index is 0.120. The molecule has 1 saturated carbocycles. The number of carbonyl (C=O) groups excluding carboxylic acids is 1. The van der Waals surface area contributed by atoms with Gasteiger partial charge in [0.05, 0.1) is 0 Å². The molecule has 18 heavy (non-hydrogen) atoms. The molecule has 1 aliphatic carbocycles. The fourth-order valence-electron chi connectivity index (χ4n) is 2.35. The largest absolute Gasteiger partial charge is 0.354 e. The molecule has 1 fully saturated rings. The Hall–Kier alpha value is -0.610. The molecule has 1 rings (SSSR count). The minimum Gasteiger partial charge on any atom is -0.354 e. The minimum atomic E-state index is 0.120. The van der Waals surface area contributed by atoms with Gasteiger partial charge < -0.3 is 11.1 Å². The van der Waals surface area contributed by atoms with Crippen LogP contribution >= 0.6 is 0 Å². The number of hydrogen-bond acceptors (Lipinski definition) is 3. The molecule has 0 aromatic carbocycles. The second kappa shape index (κ2) is 7.10. The zero-order chi connectivity index (χ0) is 13.7. The van der Waals surface area contributed by atoms with Crippen LogP contribution in [0, 0.1) is 5.92 Å². The van der Waals surface area contributed by atoms with Gasteiger partial charge in [0.2, 0.25) is 5.91 Å². The fraction of sp³-hybridized carbons (Fsp3) is 0.929. The summed E-state index contributed by atoms with van der Waals surface area (Å²) in [6.07, 6.45) is 3.04. The van der Waals surface area contributed by atoms with Crippen LogP contribution in [0.5, 0.6) is 0 Å². The summed E-state index contributed by atoms with van der Waals surface area (Å²) < 4.78 is 0. The predicted molar refractivity (Wildman–Crippen MR) is 75.3 cm³/mol. The van der Waals surface area contributed by atoms with Crippen molar-refractivity contribution < 1.29 is 4.79 Å². The van der Waals surface area contributed by atoms with Crippen molar-refractivity contribution in [1.29, 1.82) is 0 Å². The standard InChI is InChI=1S/C14H29N3O/c1-10(2)9-17(12-5-6-12)13(8-15)7-14(18)16-11(3)4/h10-13H,5-9,15H2,1-4H3,(H,16,18). The zero-order valence-electron chi connectivity index (χ0n) is 12.3. The van der Waals surface area contributed by atoms with Crippen LogP contribution in [-0.2, 0) is 4.79 Å². The van der Waals surface area contributed by atoms with Gasteiger partial charge in [-0.2, -0.15) is 0 Å². The van der Waals surface area contributed by atoms with Gasteiger partial charge >= 0.3 is 0 Å². The lowest BCUT2D eigenvalue weighted by molar-refractivity contribution is -0.122. The third-order valence-corrected chi connectivity index (χ3v) is 3.20. The summed E-state index contributed by atoms with van der Waals surface area (Å²) in [5.41, 5.74) is 5.87. The molecule has 3 N–H and O–H groups in total.